The Labute approximate surface area is 113 Å². The molecule has 2 N–H and O–H groups in total. The maximum Gasteiger partial charge on any atom is 0.240 e. The van der Waals surface area contributed by atoms with Gasteiger partial charge in [-0.15, -0.1) is 11.3 Å². The van der Waals surface area contributed by atoms with Crippen LogP contribution in [0, 0.1) is 5.92 Å². The molecule has 0 fully saturated rings. The Bertz CT molecular complexity index is 427. The van der Waals surface area contributed by atoms with Gasteiger partial charge in [0.25, 0.3) is 0 Å². The highest BCUT2D eigenvalue weighted by molar-refractivity contribution is 7.10. The fraction of sp³-hybridized carbons (Fsp3) is 0.643. The standard InChI is InChI=1S/C14H22N2OS/c1-9(2)8-12(15)14(17)16-6-4-13-11(10(16)3)5-7-18-13/h5,7,9-10,12H,4,6,8,15H2,1-3H3. The van der Waals surface area contributed by atoms with Crippen LogP contribution in [0.1, 0.15) is 43.7 Å². The largest absolute Gasteiger partial charge is 0.334 e. The van der Waals surface area contributed by atoms with Crippen LogP contribution in [0.2, 0.25) is 0 Å². The molecule has 3 nitrogen and oxygen atoms in total. The number of nitrogens with two attached hydrogens (primary N) is 1. The second kappa shape index (κ2) is 5.41. The van der Waals surface area contributed by atoms with Gasteiger partial charge >= 0.3 is 0 Å². The van der Waals surface area contributed by atoms with E-state index in [1.165, 1.54) is 10.4 Å². The van der Waals surface area contributed by atoms with Crippen LogP contribution in [0.15, 0.2) is 11.4 Å². The first-order valence-electron chi connectivity index (χ1n) is 6.63. The fourth-order valence-corrected chi connectivity index (χ4v) is 3.59. The molecule has 0 saturated heterocycles. The Morgan fingerprint density at radius 2 is 2.33 bits per heavy atom. The third kappa shape index (κ3) is 2.59. The molecule has 0 aliphatic carbocycles. The first kappa shape index (κ1) is 13.6. The average molecular weight is 266 g/mol. The first-order chi connectivity index (χ1) is 8.50. The molecular formula is C14H22N2OS. The summed E-state index contributed by atoms with van der Waals surface area (Å²) in [5, 5.41) is 2.11. The predicted molar refractivity (Wildman–Crippen MR) is 75.6 cm³/mol. The lowest BCUT2D eigenvalue weighted by Crippen LogP contribution is -2.47. The zero-order chi connectivity index (χ0) is 13.3. The van der Waals surface area contributed by atoms with Crippen molar-refractivity contribution >= 4 is 17.2 Å². The maximum absolute atomic E-state index is 12.4. The lowest BCUT2D eigenvalue weighted by molar-refractivity contribution is -0.135. The van der Waals surface area contributed by atoms with Gasteiger partial charge in [0.05, 0.1) is 12.1 Å². The summed E-state index contributed by atoms with van der Waals surface area (Å²) in [7, 11) is 0. The number of rotatable bonds is 3. The molecule has 1 amide bonds. The second-order valence-electron chi connectivity index (χ2n) is 5.49. The summed E-state index contributed by atoms with van der Waals surface area (Å²) in [6, 6.07) is 1.95. The first-order valence-corrected chi connectivity index (χ1v) is 7.51. The summed E-state index contributed by atoms with van der Waals surface area (Å²) in [5.41, 5.74) is 7.32. The predicted octanol–water partition coefficient (Wildman–Crippen LogP) is 2.57. The molecule has 0 radical (unpaired) electrons. The summed E-state index contributed by atoms with van der Waals surface area (Å²) in [6.07, 6.45) is 1.73. The minimum Gasteiger partial charge on any atom is -0.334 e. The van der Waals surface area contributed by atoms with Gasteiger partial charge in [-0.05, 0) is 42.7 Å². The molecule has 0 spiro atoms. The molecule has 1 aromatic heterocycles. The number of hydrogen-bond donors (Lipinski definition) is 1. The molecule has 2 rings (SSSR count). The summed E-state index contributed by atoms with van der Waals surface area (Å²) >= 11 is 1.79. The number of amides is 1. The van der Waals surface area contributed by atoms with E-state index in [1.807, 2.05) is 4.90 Å². The number of carbonyl (C=O) groups is 1. The highest BCUT2D eigenvalue weighted by atomic mass is 32.1. The van der Waals surface area contributed by atoms with E-state index in [1.54, 1.807) is 11.3 Å². The molecule has 4 heteroatoms. The van der Waals surface area contributed by atoms with E-state index in [0.717, 1.165) is 19.4 Å². The zero-order valence-electron chi connectivity index (χ0n) is 11.3. The lowest BCUT2D eigenvalue weighted by Gasteiger charge is -2.35. The summed E-state index contributed by atoms with van der Waals surface area (Å²) in [5.74, 6) is 0.564. The van der Waals surface area contributed by atoms with Crippen molar-refractivity contribution in [2.75, 3.05) is 6.54 Å². The molecule has 0 bridgehead atoms. The highest BCUT2D eigenvalue weighted by Gasteiger charge is 2.31. The maximum atomic E-state index is 12.4. The highest BCUT2D eigenvalue weighted by Crippen LogP contribution is 2.33. The minimum absolute atomic E-state index is 0.105. The fourth-order valence-electron chi connectivity index (χ4n) is 2.63. The summed E-state index contributed by atoms with van der Waals surface area (Å²) in [6.45, 7) is 7.11. The van der Waals surface area contributed by atoms with Gasteiger partial charge in [-0.25, -0.2) is 0 Å². The molecular weight excluding hydrogens is 244 g/mol. The van der Waals surface area contributed by atoms with Crippen molar-refractivity contribution in [3.05, 3.63) is 21.9 Å². The molecule has 0 saturated carbocycles. The number of hydrogen-bond acceptors (Lipinski definition) is 3. The summed E-state index contributed by atoms with van der Waals surface area (Å²) < 4.78 is 0. The molecule has 2 atom stereocenters. The number of carbonyl (C=O) groups excluding carboxylic acids is 1. The van der Waals surface area contributed by atoms with Crippen LogP contribution in [0.3, 0.4) is 0 Å². The van der Waals surface area contributed by atoms with E-state index < -0.39 is 0 Å². The van der Waals surface area contributed by atoms with Crippen LogP contribution in [-0.2, 0) is 11.2 Å². The van der Waals surface area contributed by atoms with E-state index in [-0.39, 0.29) is 18.0 Å². The third-order valence-corrected chi connectivity index (χ3v) is 4.60. The van der Waals surface area contributed by atoms with Gasteiger partial charge in [0.15, 0.2) is 0 Å². The van der Waals surface area contributed by atoms with Crippen molar-refractivity contribution in [3.8, 4) is 0 Å². The number of thiophene rings is 1. The van der Waals surface area contributed by atoms with Crippen LogP contribution in [0.25, 0.3) is 0 Å². The van der Waals surface area contributed by atoms with Crippen LogP contribution < -0.4 is 5.73 Å². The molecule has 2 unspecified atom stereocenters. The topological polar surface area (TPSA) is 46.3 Å². The van der Waals surface area contributed by atoms with Crippen LogP contribution in [0.5, 0.6) is 0 Å². The van der Waals surface area contributed by atoms with E-state index >= 15 is 0 Å². The number of nitrogens with zero attached hydrogens (tertiary/aromatic N) is 1. The number of fused-ring (bicyclic) bond motifs is 1. The van der Waals surface area contributed by atoms with Crippen molar-refractivity contribution in [1.82, 2.24) is 4.90 Å². The van der Waals surface area contributed by atoms with E-state index in [0.29, 0.717) is 5.92 Å². The molecule has 0 aromatic carbocycles. The monoisotopic (exact) mass is 266 g/mol. The Hall–Kier alpha value is -0.870. The van der Waals surface area contributed by atoms with Gasteiger partial charge in [-0.3, -0.25) is 4.79 Å². The van der Waals surface area contributed by atoms with Gasteiger partial charge in [0.1, 0.15) is 0 Å². The van der Waals surface area contributed by atoms with Gasteiger partial charge in [-0.2, -0.15) is 0 Å². The second-order valence-corrected chi connectivity index (χ2v) is 6.49. The molecule has 1 aliphatic heterocycles. The molecule has 2 heterocycles. The van der Waals surface area contributed by atoms with Crippen LogP contribution in [0.4, 0.5) is 0 Å². The van der Waals surface area contributed by atoms with Crippen LogP contribution in [-0.4, -0.2) is 23.4 Å². The van der Waals surface area contributed by atoms with E-state index in [2.05, 4.69) is 32.2 Å². The molecule has 1 aromatic rings. The Morgan fingerprint density at radius 3 is 3.00 bits per heavy atom. The van der Waals surface area contributed by atoms with E-state index in [9.17, 15) is 4.79 Å². The van der Waals surface area contributed by atoms with Gasteiger partial charge in [0.2, 0.25) is 5.91 Å². The lowest BCUT2D eigenvalue weighted by atomic mass is 9.98. The van der Waals surface area contributed by atoms with E-state index in [4.69, 9.17) is 5.73 Å². The smallest absolute Gasteiger partial charge is 0.240 e. The molecule has 18 heavy (non-hydrogen) atoms. The van der Waals surface area contributed by atoms with Crippen molar-refractivity contribution in [3.63, 3.8) is 0 Å². The van der Waals surface area contributed by atoms with Gasteiger partial charge in [-0.1, -0.05) is 13.8 Å². The Balaban J connectivity index is 2.09. The average Bonchev–Trinajstić information content (AvgIpc) is 2.76. The quantitative estimate of drug-likeness (QED) is 0.914. The Kier molecular flexibility index (Phi) is 4.07. The van der Waals surface area contributed by atoms with Crippen molar-refractivity contribution in [1.29, 1.82) is 0 Å². The van der Waals surface area contributed by atoms with Crippen molar-refractivity contribution in [2.24, 2.45) is 11.7 Å². The normalized spacial score (nSPS) is 20.9. The summed E-state index contributed by atoms with van der Waals surface area (Å²) in [4.78, 5) is 15.7. The zero-order valence-corrected chi connectivity index (χ0v) is 12.2. The van der Waals surface area contributed by atoms with Gasteiger partial charge in [0, 0.05) is 11.4 Å². The van der Waals surface area contributed by atoms with Crippen molar-refractivity contribution in [2.45, 2.75) is 45.7 Å². The molecule has 1 aliphatic rings. The van der Waals surface area contributed by atoms with Crippen LogP contribution >= 0.6 is 11.3 Å². The Morgan fingerprint density at radius 1 is 1.61 bits per heavy atom. The molecule has 100 valence electrons. The third-order valence-electron chi connectivity index (χ3n) is 3.60. The van der Waals surface area contributed by atoms with Crippen molar-refractivity contribution < 1.29 is 4.79 Å². The van der Waals surface area contributed by atoms with Gasteiger partial charge < -0.3 is 10.6 Å². The minimum atomic E-state index is -0.354. The SMILES string of the molecule is CC(C)CC(N)C(=O)N1CCc2sccc2C1C.